The highest BCUT2D eigenvalue weighted by molar-refractivity contribution is 7.22. The topological polar surface area (TPSA) is 65.8 Å². The number of carbonyl (C=O) groups is 1. The molecule has 0 bridgehead atoms. The van der Waals surface area contributed by atoms with Crippen LogP contribution >= 0.6 is 11.3 Å². The lowest BCUT2D eigenvalue weighted by Crippen LogP contribution is -2.32. The summed E-state index contributed by atoms with van der Waals surface area (Å²) in [5, 5.41) is 0.928. The number of methoxy groups -OCH3 is 1. The Morgan fingerprint density at radius 3 is 2.42 bits per heavy atom. The first-order valence-electron chi connectivity index (χ1n) is 16.0. The highest BCUT2D eigenvalue weighted by Crippen LogP contribution is 2.42. The second kappa shape index (κ2) is 13.5. The van der Waals surface area contributed by atoms with Gasteiger partial charge in [0.05, 0.1) is 19.5 Å². The monoisotopic (exact) mass is 621 g/mol. The Labute approximate surface area is 268 Å². The smallest absolute Gasteiger partial charge is 0.195 e. The highest BCUT2D eigenvalue weighted by Gasteiger charge is 2.28. The molecule has 232 valence electrons. The van der Waals surface area contributed by atoms with E-state index in [1.807, 2.05) is 73.3 Å². The van der Waals surface area contributed by atoms with E-state index in [4.69, 9.17) is 14.2 Å². The molecule has 3 aromatic carbocycles. The van der Waals surface area contributed by atoms with Crippen molar-refractivity contribution >= 4 is 27.2 Å². The molecule has 3 heterocycles. The van der Waals surface area contributed by atoms with Crippen LogP contribution in [0.25, 0.3) is 20.5 Å². The largest absolute Gasteiger partial charge is 0.497 e. The van der Waals surface area contributed by atoms with Gasteiger partial charge >= 0.3 is 0 Å². The predicted molar refractivity (Wildman–Crippen MR) is 179 cm³/mol. The van der Waals surface area contributed by atoms with Crippen molar-refractivity contribution in [3.8, 4) is 27.7 Å². The third-order valence-electron chi connectivity index (χ3n) is 9.10. The van der Waals surface area contributed by atoms with Crippen LogP contribution < -0.4 is 14.2 Å². The summed E-state index contributed by atoms with van der Waals surface area (Å²) in [7, 11) is 1.67. The van der Waals surface area contributed by atoms with Crippen molar-refractivity contribution in [1.82, 2.24) is 14.5 Å². The van der Waals surface area contributed by atoms with Crippen molar-refractivity contribution in [2.24, 2.45) is 0 Å². The highest BCUT2D eigenvalue weighted by atomic mass is 32.1. The molecule has 45 heavy (non-hydrogen) atoms. The Kier molecular flexibility index (Phi) is 8.85. The van der Waals surface area contributed by atoms with Gasteiger partial charge in [-0.25, -0.2) is 4.98 Å². The van der Waals surface area contributed by atoms with Crippen LogP contribution in [0.3, 0.4) is 0 Å². The first-order valence-corrected chi connectivity index (χ1v) is 16.8. The lowest BCUT2D eigenvalue weighted by molar-refractivity contribution is 0.0976. The quantitative estimate of drug-likeness (QED) is 0.139. The van der Waals surface area contributed by atoms with Crippen molar-refractivity contribution in [3.63, 3.8) is 0 Å². The molecule has 8 heteroatoms. The Morgan fingerprint density at radius 1 is 0.911 bits per heavy atom. The van der Waals surface area contributed by atoms with E-state index in [1.54, 1.807) is 18.4 Å². The number of hydrogen-bond donors (Lipinski definition) is 0. The zero-order valence-corrected chi connectivity index (χ0v) is 26.5. The van der Waals surface area contributed by atoms with Gasteiger partial charge < -0.3 is 18.8 Å². The number of nitrogens with zero attached hydrogens (tertiary/aromatic N) is 3. The molecule has 2 aromatic heterocycles. The average Bonchev–Trinajstić information content (AvgIpc) is 3.87. The van der Waals surface area contributed by atoms with Gasteiger partial charge in [-0.05, 0) is 117 Å². The van der Waals surface area contributed by atoms with Crippen LogP contribution in [0.1, 0.15) is 60.5 Å². The Balaban J connectivity index is 1.12. The molecular weight excluding hydrogens is 582 g/mol. The van der Waals surface area contributed by atoms with Gasteiger partial charge in [0.2, 0.25) is 0 Å². The van der Waals surface area contributed by atoms with Crippen LogP contribution in [-0.4, -0.2) is 59.7 Å². The average molecular weight is 622 g/mol. The summed E-state index contributed by atoms with van der Waals surface area (Å²) in [6, 6.07) is 22.0. The summed E-state index contributed by atoms with van der Waals surface area (Å²) in [5.74, 6) is 2.39. The number of hydrogen-bond acceptors (Lipinski definition) is 7. The number of rotatable bonds is 11. The number of imidazole rings is 1. The SMILES string of the molecule is COc1ccc2c(C(=O)c3ccc(O[C@@H]4CCCC[C@H]4n4ccnc4)cc3)c(-c3ccc(OCCN4CCCC4)cc3)sc2c1. The number of ether oxygens (including phenoxy) is 3. The Bertz CT molecular complexity index is 1720. The van der Waals surface area contributed by atoms with Crippen molar-refractivity contribution < 1.29 is 19.0 Å². The molecule has 2 aliphatic rings. The molecule has 2 atom stereocenters. The van der Waals surface area contributed by atoms with E-state index in [9.17, 15) is 4.79 Å². The van der Waals surface area contributed by atoms with E-state index < -0.39 is 0 Å². The van der Waals surface area contributed by atoms with Crippen LogP contribution in [-0.2, 0) is 0 Å². The maximum atomic E-state index is 14.2. The van der Waals surface area contributed by atoms with Crippen LogP contribution in [0.2, 0.25) is 0 Å². The zero-order chi connectivity index (χ0) is 30.6. The van der Waals surface area contributed by atoms with Crippen molar-refractivity contribution in [3.05, 3.63) is 96.6 Å². The van der Waals surface area contributed by atoms with E-state index in [-0.39, 0.29) is 17.9 Å². The van der Waals surface area contributed by atoms with Gasteiger partial charge in [-0.1, -0.05) is 6.42 Å². The maximum absolute atomic E-state index is 14.2. The minimum atomic E-state index is -0.00661. The maximum Gasteiger partial charge on any atom is 0.195 e. The van der Waals surface area contributed by atoms with Crippen LogP contribution in [0.4, 0.5) is 0 Å². The molecular formula is C37H39N3O4S. The van der Waals surface area contributed by atoms with Crippen LogP contribution in [0, 0.1) is 0 Å². The molecule has 0 spiro atoms. The summed E-state index contributed by atoms with van der Waals surface area (Å²) < 4.78 is 21.2. The molecule has 0 unspecified atom stereocenters. The molecule has 0 amide bonds. The number of aromatic nitrogens is 2. The van der Waals surface area contributed by atoms with Gasteiger partial charge in [-0.15, -0.1) is 11.3 Å². The van der Waals surface area contributed by atoms with Crippen molar-refractivity contribution in [2.45, 2.75) is 50.7 Å². The fourth-order valence-electron chi connectivity index (χ4n) is 6.66. The summed E-state index contributed by atoms with van der Waals surface area (Å²) in [6.45, 7) is 3.96. The Morgan fingerprint density at radius 2 is 1.67 bits per heavy atom. The molecule has 0 radical (unpaired) electrons. The molecule has 0 N–H and O–H groups in total. The zero-order valence-electron chi connectivity index (χ0n) is 25.7. The molecule has 1 aliphatic carbocycles. The number of carbonyl (C=O) groups excluding carboxylic acids is 1. The molecule has 2 fully saturated rings. The number of fused-ring (bicyclic) bond motifs is 1. The number of thiophene rings is 1. The van der Waals surface area contributed by atoms with Crippen LogP contribution in [0.15, 0.2) is 85.5 Å². The molecule has 1 saturated heterocycles. The molecule has 5 aromatic rings. The summed E-state index contributed by atoms with van der Waals surface area (Å²) >= 11 is 1.61. The minimum absolute atomic E-state index is 0.00661. The van der Waals surface area contributed by atoms with E-state index in [2.05, 4.69) is 26.6 Å². The molecule has 7 rings (SSSR count). The van der Waals surface area contributed by atoms with Crippen LogP contribution in [0.5, 0.6) is 17.2 Å². The molecule has 7 nitrogen and oxygen atoms in total. The molecule has 1 aliphatic heterocycles. The lowest BCUT2D eigenvalue weighted by atomic mass is 9.92. The minimum Gasteiger partial charge on any atom is -0.497 e. The van der Waals surface area contributed by atoms with E-state index in [0.717, 1.165) is 63.6 Å². The second-order valence-electron chi connectivity index (χ2n) is 12.0. The second-order valence-corrected chi connectivity index (χ2v) is 13.0. The van der Waals surface area contributed by atoms with E-state index >= 15 is 0 Å². The number of likely N-dealkylation sites (tertiary alicyclic amines) is 1. The third-order valence-corrected chi connectivity index (χ3v) is 10.3. The standard InChI is InChI=1S/C37H39N3O4S/c1-42-30-16-17-31-34(24-30)45-37(27-10-12-28(13-11-27)43-23-22-39-19-4-5-20-39)35(31)36(41)26-8-14-29(15-9-26)44-33-7-3-2-6-32(33)40-21-18-38-25-40/h8-18,21,24-25,32-33H,2-7,19-20,22-23H2,1H3/t32-,33-/m1/s1. The first-order chi connectivity index (χ1) is 22.2. The Hall–Kier alpha value is -4.14. The lowest BCUT2D eigenvalue weighted by Gasteiger charge is -2.32. The van der Waals surface area contributed by atoms with Gasteiger partial charge in [-0.2, -0.15) is 0 Å². The summed E-state index contributed by atoms with van der Waals surface area (Å²) in [6.07, 6.45) is 12.8. The third kappa shape index (κ3) is 6.49. The molecule has 1 saturated carbocycles. The van der Waals surface area contributed by atoms with E-state index in [0.29, 0.717) is 17.7 Å². The van der Waals surface area contributed by atoms with Gasteiger partial charge in [0, 0.05) is 45.0 Å². The van der Waals surface area contributed by atoms with E-state index in [1.165, 1.54) is 32.4 Å². The fourth-order valence-corrected chi connectivity index (χ4v) is 7.89. The first kappa shape index (κ1) is 29.6. The number of benzene rings is 3. The fraction of sp³-hybridized carbons (Fsp3) is 0.351. The van der Waals surface area contributed by atoms with Gasteiger partial charge in [0.25, 0.3) is 0 Å². The summed E-state index contributed by atoms with van der Waals surface area (Å²) in [5.41, 5.74) is 2.34. The normalized spacial score (nSPS) is 18.7. The van der Waals surface area contributed by atoms with Gasteiger partial charge in [0.15, 0.2) is 5.78 Å². The summed E-state index contributed by atoms with van der Waals surface area (Å²) in [4.78, 5) is 21.8. The van der Waals surface area contributed by atoms with Gasteiger partial charge in [-0.3, -0.25) is 9.69 Å². The predicted octanol–water partition coefficient (Wildman–Crippen LogP) is 8.04. The number of ketones is 1. The van der Waals surface area contributed by atoms with Crippen molar-refractivity contribution in [2.75, 3.05) is 33.4 Å². The van der Waals surface area contributed by atoms with Gasteiger partial charge in [0.1, 0.15) is 30.0 Å². The van der Waals surface area contributed by atoms with Crippen molar-refractivity contribution in [1.29, 1.82) is 0 Å².